The maximum atomic E-state index is 13.4. The molecule has 0 aromatic heterocycles. The van der Waals surface area contributed by atoms with Gasteiger partial charge >= 0.3 is 0 Å². The second-order valence-electron chi connectivity index (χ2n) is 8.84. The van der Waals surface area contributed by atoms with Gasteiger partial charge in [0.1, 0.15) is 6.04 Å². The predicted octanol–water partition coefficient (Wildman–Crippen LogP) is 2.64. The fourth-order valence-electron chi connectivity index (χ4n) is 4.78. The summed E-state index contributed by atoms with van der Waals surface area (Å²) in [5.74, 6) is 0.588. The summed E-state index contributed by atoms with van der Waals surface area (Å²) in [5, 5.41) is 3.12. The Labute approximate surface area is 201 Å². The molecular weight excluding hydrogens is 454 g/mol. The van der Waals surface area contributed by atoms with Gasteiger partial charge in [-0.05, 0) is 43.4 Å². The van der Waals surface area contributed by atoms with Gasteiger partial charge in [-0.25, -0.2) is 8.42 Å². The Bertz CT molecular complexity index is 1080. The number of nitrogens with zero attached hydrogens (tertiary/aromatic N) is 2. The minimum Gasteiger partial charge on any atom is -0.493 e. The number of benzene rings is 2. The smallest absolute Gasteiger partial charge is 0.243 e. The topological polar surface area (TPSA) is 88.2 Å². The van der Waals surface area contributed by atoms with Gasteiger partial charge in [-0.1, -0.05) is 30.3 Å². The van der Waals surface area contributed by atoms with E-state index >= 15 is 0 Å². The lowest BCUT2D eigenvalue weighted by atomic mass is 10.0. The number of carbonyl (C=O) groups excluding carboxylic acids is 1. The molecule has 0 spiro atoms. The molecule has 34 heavy (non-hydrogen) atoms. The normalized spacial score (nSPS) is 20.2. The van der Waals surface area contributed by atoms with E-state index in [0.717, 1.165) is 32.5 Å². The SMILES string of the molecule is COc1ccc(S(=O)(=O)N2CCCC2C(=O)NC2CCN(Cc3ccccc3)CC2)cc1OC. The van der Waals surface area contributed by atoms with E-state index in [0.29, 0.717) is 30.9 Å². The molecule has 2 heterocycles. The van der Waals surface area contributed by atoms with Crippen LogP contribution in [0.1, 0.15) is 31.2 Å². The molecule has 0 saturated carbocycles. The highest BCUT2D eigenvalue weighted by atomic mass is 32.2. The quantitative estimate of drug-likeness (QED) is 0.616. The van der Waals surface area contributed by atoms with Crippen molar-refractivity contribution in [1.82, 2.24) is 14.5 Å². The van der Waals surface area contributed by atoms with Gasteiger partial charge in [0, 0.05) is 38.3 Å². The van der Waals surface area contributed by atoms with Crippen LogP contribution < -0.4 is 14.8 Å². The summed E-state index contributed by atoms with van der Waals surface area (Å²) in [6, 6.07) is 14.2. The predicted molar refractivity (Wildman–Crippen MR) is 129 cm³/mol. The summed E-state index contributed by atoms with van der Waals surface area (Å²) in [7, 11) is -0.883. The molecule has 9 heteroatoms. The Morgan fingerprint density at radius 1 is 0.971 bits per heavy atom. The lowest BCUT2D eigenvalue weighted by Crippen LogP contribution is -2.51. The molecule has 8 nitrogen and oxygen atoms in total. The number of nitrogens with one attached hydrogen (secondary N) is 1. The summed E-state index contributed by atoms with van der Waals surface area (Å²) in [5.41, 5.74) is 1.28. The molecule has 1 amide bonds. The summed E-state index contributed by atoms with van der Waals surface area (Å²) >= 11 is 0. The molecule has 2 aromatic carbocycles. The fourth-order valence-corrected chi connectivity index (χ4v) is 6.45. The van der Waals surface area contributed by atoms with Gasteiger partial charge in [-0.2, -0.15) is 4.31 Å². The zero-order valence-corrected chi connectivity index (χ0v) is 20.6. The van der Waals surface area contributed by atoms with Crippen LogP contribution in [0, 0.1) is 0 Å². The molecule has 1 N–H and O–H groups in total. The van der Waals surface area contributed by atoms with Gasteiger partial charge in [0.05, 0.1) is 19.1 Å². The number of piperidine rings is 1. The minimum absolute atomic E-state index is 0.0609. The molecule has 2 saturated heterocycles. The molecule has 2 fully saturated rings. The lowest BCUT2D eigenvalue weighted by Gasteiger charge is -2.33. The van der Waals surface area contributed by atoms with Crippen molar-refractivity contribution in [3.05, 3.63) is 54.1 Å². The maximum Gasteiger partial charge on any atom is 0.243 e. The number of sulfonamides is 1. The third-order valence-corrected chi connectivity index (χ3v) is 8.56. The van der Waals surface area contributed by atoms with E-state index in [4.69, 9.17) is 9.47 Å². The highest BCUT2D eigenvalue weighted by Gasteiger charge is 2.40. The first-order valence-corrected chi connectivity index (χ1v) is 13.2. The Kier molecular flexibility index (Phi) is 7.75. The summed E-state index contributed by atoms with van der Waals surface area (Å²) in [6.45, 7) is 3.03. The summed E-state index contributed by atoms with van der Waals surface area (Å²) < 4.78 is 38.5. The Morgan fingerprint density at radius 2 is 1.68 bits per heavy atom. The van der Waals surface area contributed by atoms with Crippen molar-refractivity contribution in [2.45, 2.75) is 49.2 Å². The third-order valence-electron chi connectivity index (χ3n) is 6.65. The van der Waals surface area contributed by atoms with Crippen molar-refractivity contribution >= 4 is 15.9 Å². The first kappa shape index (κ1) is 24.5. The second-order valence-corrected chi connectivity index (χ2v) is 10.7. The first-order valence-electron chi connectivity index (χ1n) is 11.7. The second kappa shape index (κ2) is 10.8. The Hall–Kier alpha value is -2.62. The van der Waals surface area contributed by atoms with Gasteiger partial charge in [0.2, 0.25) is 15.9 Å². The average molecular weight is 488 g/mol. The van der Waals surface area contributed by atoms with E-state index in [1.54, 1.807) is 6.07 Å². The largest absolute Gasteiger partial charge is 0.493 e. The Morgan fingerprint density at radius 3 is 2.35 bits per heavy atom. The molecule has 2 aromatic rings. The van der Waals surface area contributed by atoms with Crippen molar-refractivity contribution in [1.29, 1.82) is 0 Å². The number of rotatable bonds is 8. The molecule has 0 radical (unpaired) electrons. The van der Waals surface area contributed by atoms with Gasteiger partial charge < -0.3 is 14.8 Å². The van der Waals surface area contributed by atoms with E-state index in [9.17, 15) is 13.2 Å². The van der Waals surface area contributed by atoms with Crippen molar-refractivity contribution in [3.63, 3.8) is 0 Å². The molecule has 2 aliphatic heterocycles. The Balaban J connectivity index is 1.37. The van der Waals surface area contributed by atoms with E-state index < -0.39 is 16.1 Å². The van der Waals surface area contributed by atoms with Crippen LogP contribution in [0.3, 0.4) is 0 Å². The first-order chi connectivity index (χ1) is 16.4. The van der Waals surface area contributed by atoms with Crippen LogP contribution in [0.4, 0.5) is 0 Å². The highest BCUT2D eigenvalue weighted by molar-refractivity contribution is 7.89. The molecule has 4 rings (SSSR count). The summed E-state index contributed by atoms with van der Waals surface area (Å²) in [4.78, 5) is 15.6. The average Bonchev–Trinajstić information content (AvgIpc) is 3.37. The lowest BCUT2D eigenvalue weighted by molar-refractivity contribution is -0.125. The number of methoxy groups -OCH3 is 2. The molecule has 184 valence electrons. The molecule has 2 aliphatic rings. The van der Waals surface area contributed by atoms with E-state index in [1.165, 1.54) is 36.2 Å². The monoisotopic (exact) mass is 487 g/mol. The number of hydrogen-bond donors (Lipinski definition) is 1. The fraction of sp³-hybridized carbons (Fsp3) is 0.480. The number of carbonyl (C=O) groups is 1. The van der Waals surface area contributed by atoms with Crippen molar-refractivity contribution < 1.29 is 22.7 Å². The van der Waals surface area contributed by atoms with Crippen LogP contribution in [0.25, 0.3) is 0 Å². The number of hydrogen-bond acceptors (Lipinski definition) is 6. The van der Waals surface area contributed by atoms with Gasteiger partial charge in [-0.15, -0.1) is 0 Å². The molecule has 1 atom stereocenters. The van der Waals surface area contributed by atoms with Crippen molar-refractivity contribution in [2.24, 2.45) is 0 Å². The van der Waals surface area contributed by atoms with Gasteiger partial charge in [0.15, 0.2) is 11.5 Å². The van der Waals surface area contributed by atoms with E-state index in [1.807, 2.05) is 18.2 Å². The van der Waals surface area contributed by atoms with Crippen molar-refractivity contribution in [2.75, 3.05) is 33.9 Å². The van der Waals surface area contributed by atoms with Crippen LogP contribution in [-0.2, 0) is 21.4 Å². The molecular formula is C25H33N3O5S. The van der Waals surface area contributed by atoms with Crippen LogP contribution in [0.2, 0.25) is 0 Å². The minimum atomic E-state index is -3.85. The zero-order chi connectivity index (χ0) is 24.1. The zero-order valence-electron chi connectivity index (χ0n) is 19.8. The van der Waals surface area contributed by atoms with Crippen molar-refractivity contribution in [3.8, 4) is 11.5 Å². The van der Waals surface area contributed by atoms with E-state index in [2.05, 4.69) is 22.3 Å². The highest BCUT2D eigenvalue weighted by Crippen LogP contribution is 2.33. The van der Waals surface area contributed by atoms with Gasteiger partial charge in [-0.3, -0.25) is 9.69 Å². The third kappa shape index (κ3) is 5.37. The number of likely N-dealkylation sites (tertiary alicyclic amines) is 1. The van der Waals surface area contributed by atoms with Crippen LogP contribution in [-0.4, -0.2) is 69.5 Å². The van der Waals surface area contributed by atoms with Crippen LogP contribution in [0.5, 0.6) is 11.5 Å². The number of ether oxygens (including phenoxy) is 2. The standard InChI is InChI=1S/C25H33N3O5S/c1-32-23-11-10-21(17-24(23)33-2)34(30,31)28-14-6-9-22(28)25(29)26-20-12-15-27(16-13-20)18-19-7-4-3-5-8-19/h3-5,7-8,10-11,17,20,22H,6,9,12-16,18H2,1-2H3,(H,26,29). The molecule has 1 unspecified atom stereocenters. The van der Waals surface area contributed by atoms with Gasteiger partial charge in [0.25, 0.3) is 0 Å². The van der Waals surface area contributed by atoms with Crippen LogP contribution >= 0.6 is 0 Å². The maximum absolute atomic E-state index is 13.4. The molecule has 0 bridgehead atoms. The van der Waals surface area contributed by atoms with E-state index in [-0.39, 0.29) is 16.8 Å². The summed E-state index contributed by atoms with van der Waals surface area (Å²) in [6.07, 6.45) is 2.88. The van der Waals surface area contributed by atoms with Crippen LogP contribution in [0.15, 0.2) is 53.4 Å². The number of amides is 1. The molecule has 0 aliphatic carbocycles.